The third-order valence-electron chi connectivity index (χ3n) is 2.91. The second-order valence-corrected chi connectivity index (χ2v) is 4.27. The Balaban J connectivity index is 1.99. The van der Waals surface area contributed by atoms with E-state index in [-0.39, 0.29) is 12.3 Å². The van der Waals surface area contributed by atoms with Gasteiger partial charge >= 0.3 is 5.97 Å². The van der Waals surface area contributed by atoms with Gasteiger partial charge in [-0.05, 0) is 18.1 Å². The van der Waals surface area contributed by atoms with Gasteiger partial charge in [-0.3, -0.25) is 14.6 Å². The molecule has 1 amide bonds. The van der Waals surface area contributed by atoms with Gasteiger partial charge in [0, 0.05) is 23.5 Å². The number of hydrogen-bond donors (Lipinski definition) is 3. The van der Waals surface area contributed by atoms with E-state index in [1.165, 1.54) is 0 Å². The van der Waals surface area contributed by atoms with Gasteiger partial charge in [0.1, 0.15) is 6.54 Å². The van der Waals surface area contributed by atoms with E-state index in [1.807, 2.05) is 30.5 Å². The van der Waals surface area contributed by atoms with E-state index in [1.54, 1.807) is 0 Å². The van der Waals surface area contributed by atoms with Crippen LogP contribution in [-0.2, 0) is 16.0 Å². The molecule has 0 spiro atoms. The number of fused-ring (bicyclic) bond motifs is 1. The Morgan fingerprint density at radius 1 is 1.32 bits per heavy atom. The summed E-state index contributed by atoms with van der Waals surface area (Å²) in [7, 11) is 0. The van der Waals surface area contributed by atoms with Crippen molar-refractivity contribution in [3.63, 3.8) is 0 Å². The van der Waals surface area contributed by atoms with E-state index in [0.717, 1.165) is 21.5 Å². The van der Waals surface area contributed by atoms with E-state index < -0.39 is 12.5 Å². The summed E-state index contributed by atoms with van der Waals surface area (Å²) < 4.78 is 0. The number of nitrogens with two attached hydrogens (primary N) is 1. The minimum Gasteiger partial charge on any atom is -0.480 e. The molecule has 6 heteroatoms. The molecule has 100 valence electrons. The zero-order chi connectivity index (χ0) is 13.8. The summed E-state index contributed by atoms with van der Waals surface area (Å²) in [4.78, 5) is 25.2. The van der Waals surface area contributed by atoms with E-state index >= 15 is 0 Å². The highest BCUT2D eigenvalue weighted by molar-refractivity contribution is 5.84. The lowest BCUT2D eigenvalue weighted by atomic mass is 10.1. The van der Waals surface area contributed by atoms with Crippen molar-refractivity contribution in [3.05, 3.63) is 36.0 Å². The number of aromatic nitrogens is 1. The summed E-state index contributed by atoms with van der Waals surface area (Å²) in [6.45, 7) is -0.479. The Labute approximate surface area is 109 Å². The molecule has 0 aliphatic rings. The Morgan fingerprint density at radius 3 is 2.79 bits per heavy atom. The molecule has 1 aromatic carbocycles. The normalized spacial score (nSPS) is 10.6. The second-order valence-electron chi connectivity index (χ2n) is 4.27. The minimum atomic E-state index is -1.12. The largest absolute Gasteiger partial charge is 0.480 e. The average Bonchev–Trinajstić information content (AvgIpc) is 2.78. The fourth-order valence-corrected chi connectivity index (χ4v) is 1.96. The molecule has 0 unspecified atom stereocenters. The third-order valence-corrected chi connectivity index (χ3v) is 2.91. The number of nitrogens with one attached hydrogen (secondary N) is 1. The van der Waals surface area contributed by atoms with Gasteiger partial charge in [0.15, 0.2) is 0 Å². The zero-order valence-corrected chi connectivity index (χ0v) is 10.3. The van der Waals surface area contributed by atoms with Crippen LogP contribution in [0.15, 0.2) is 30.5 Å². The van der Waals surface area contributed by atoms with Crippen LogP contribution in [0.2, 0.25) is 0 Å². The van der Waals surface area contributed by atoms with Crippen molar-refractivity contribution in [1.29, 1.82) is 0 Å². The molecule has 1 heterocycles. The summed E-state index contributed by atoms with van der Waals surface area (Å²) in [5.74, 6) is 3.86. The molecule has 1 aromatic heterocycles. The van der Waals surface area contributed by atoms with E-state index in [9.17, 15) is 9.59 Å². The molecule has 19 heavy (non-hydrogen) atoms. The number of carbonyl (C=O) groups excluding carboxylic acids is 1. The van der Waals surface area contributed by atoms with Gasteiger partial charge in [0.25, 0.3) is 0 Å². The van der Waals surface area contributed by atoms with Crippen LogP contribution in [0.25, 0.3) is 10.9 Å². The predicted octanol–water partition coefficient (Wildman–Crippen LogP) is 0.887. The lowest BCUT2D eigenvalue weighted by molar-refractivity contribution is -0.144. The molecule has 0 saturated heterocycles. The first-order valence-electron chi connectivity index (χ1n) is 5.90. The first kappa shape index (κ1) is 13.1. The molecule has 2 aromatic rings. The maximum Gasteiger partial charge on any atom is 0.324 e. The topological polar surface area (TPSA) is 99.4 Å². The van der Waals surface area contributed by atoms with Crippen LogP contribution < -0.4 is 5.84 Å². The molecule has 0 aliphatic carbocycles. The molecule has 0 aliphatic heterocycles. The van der Waals surface area contributed by atoms with Gasteiger partial charge in [-0.25, -0.2) is 5.84 Å². The Kier molecular flexibility index (Phi) is 3.82. The number of para-hydroxylation sites is 1. The van der Waals surface area contributed by atoms with Crippen molar-refractivity contribution in [2.75, 3.05) is 6.54 Å². The number of aliphatic carboxylic acids is 1. The molecule has 0 bridgehead atoms. The van der Waals surface area contributed by atoms with Crippen molar-refractivity contribution >= 4 is 22.8 Å². The standard InChI is InChI=1S/C13H15N3O3/c14-16(8-13(18)19)12(17)6-5-9-7-15-11-4-2-1-3-10(9)11/h1-4,7,15H,5-6,8,14H2,(H,18,19). The molecular formula is C13H15N3O3. The third kappa shape index (κ3) is 3.11. The first-order valence-corrected chi connectivity index (χ1v) is 5.90. The van der Waals surface area contributed by atoms with Crippen LogP contribution in [0.1, 0.15) is 12.0 Å². The van der Waals surface area contributed by atoms with Crippen LogP contribution in [-0.4, -0.2) is 33.5 Å². The monoisotopic (exact) mass is 261 g/mol. The number of carbonyl (C=O) groups is 2. The van der Waals surface area contributed by atoms with Gasteiger partial charge < -0.3 is 10.1 Å². The molecule has 0 fully saturated rings. The van der Waals surface area contributed by atoms with Crippen molar-refractivity contribution in [3.8, 4) is 0 Å². The fourth-order valence-electron chi connectivity index (χ4n) is 1.96. The SMILES string of the molecule is NN(CC(=O)O)C(=O)CCc1c[nH]c2ccccc12. The summed E-state index contributed by atoms with van der Waals surface area (Å²) >= 11 is 0. The predicted molar refractivity (Wildman–Crippen MR) is 70.2 cm³/mol. The summed E-state index contributed by atoms with van der Waals surface area (Å²) in [5.41, 5.74) is 2.03. The number of aryl methyl sites for hydroxylation is 1. The number of nitrogens with zero attached hydrogens (tertiary/aromatic N) is 1. The van der Waals surface area contributed by atoms with Gasteiger partial charge in [-0.15, -0.1) is 0 Å². The summed E-state index contributed by atoms with van der Waals surface area (Å²) in [6, 6.07) is 7.80. The lowest BCUT2D eigenvalue weighted by Crippen LogP contribution is -2.41. The smallest absolute Gasteiger partial charge is 0.324 e. The van der Waals surface area contributed by atoms with E-state index in [4.69, 9.17) is 10.9 Å². The van der Waals surface area contributed by atoms with Crippen LogP contribution in [0.5, 0.6) is 0 Å². The number of benzene rings is 1. The minimum absolute atomic E-state index is 0.186. The molecule has 0 atom stereocenters. The molecular weight excluding hydrogens is 246 g/mol. The lowest BCUT2D eigenvalue weighted by Gasteiger charge is -2.13. The number of amides is 1. The maximum absolute atomic E-state index is 11.6. The average molecular weight is 261 g/mol. The summed E-state index contributed by atoms with van der Waals surface area (Å²) in [6.07, 6.45) is 2.57. The van der Waals surface area contributed by atoms with Gasteiger partial charge in [-0.2, -0.15) is 0 Å². The molecule has 6 nitrogen and oxygen atoms in total. The highest BCUT2D eigenvalue weighted by Crippen LogP contribution is 2.19. The van der Waals surface area contributed by atoms with Crippen LogP contribution in [0.4, 0.5) is 0 Å². The number of rotatable bonds is 5. The van der Waals surface area contributed by atoms with Gasteiger partial charge in [0.05, 0.1) is 0 Å². The van der Waals surface area contributed by atoms with Crippen LogP contribution >= 0.6 is 0 Å². The van der Waals surface area contributed by atoms with Crippen molar-refractivity contribution in [2.45, 2.75) is 12.8 Å². The Morgan fingerprint density at radius 2 is 2.05 bits per heavy atom. The Bertz CT molecular complexity index is 606. The number of H-pyrrole nitrogens is 1. The molecule has 0 radical (unpaired) electrons. The van der Waals surface area contributed by atoms with Crippen molar-refractivity contribution in [1.82, 2.24) is 9.99 Å². The quantitative estimate of drug-likeness (QED) is 0.423. The molecule has 0 saturated carbocycles. The highest BCUT2D eigenvalue weighted by Gasteiger charge is 2.13. The summed E-state index contributed by atoms with van der Waals surface area (Å²) in [5, 5.41) is 10.3. The number of carboxylic acid groups (broad SMARTS) is 1. The second kappa shape index (κ2) is 5.53. The van der Waals surface area contributed by atoms with Crippen molar-refractivity contribution < 1.29 is 14.7 Å². The number of hydrogen-bond acceptors (Lipinski definition) is 3. The number of carboxylic acids is 1. The fraction of sp³-hybridized carbons (Fsp3) is 0.231. The zero-order valence-electron chi connectivity index (χ0n) is 10.3. The molecule has 2 rings (SSSR count). The molecule has 4 N–H and O–H groups in total. The van der Waals surface area contributed by atoms with E-state index in [2.05, 4.69) is 4.98 Å². The first-order chi connectivity index (χ1) is 9.08. The Hall–Kier alpha value is -2.34. The van der Waals surface area contributed by atoms with Gasteiger partial charge in [0.2, 0.25) is 5.91 Å². The van der Waals surface area contributed by atoms with Crippen LogP contribution in [0.3, 0.4) is 0 Å². The number of aromatic amines is 1. The number of hydrazine groups is 1. The van der Waals surface area contributed by atoms with Crippen LogP contribution in [0, 0.1) is 0 Å². The van der Waals surface area contributed by atoms with E-state index in [0.29, 0.717) is 6.42 Å². The highest BCUT2D eigenvalue weighted by atomic mass is 16.4. The van der Waals surface area contributed by atoms with Crippen molar-refractivity contribution in [2.24, 2.45) is 5.84 Å². The maximum atomic E-state index is 11.6. The van der Waals surface area contributed by atoms with Gasteiger partial charge in [-0.1, -0.05) is 18.2 Å².